The fourth-order valence-corrected chi connectivity index (χ4v) is 1.92. The highest BCUT2D eigenvalue weighted by Crippen LogP contribution is 2.18. The van der Waals surface area contributed by atoms with E-state index in [0.29, 0.717) is 0 Å². The Morgan fingerprint density at radius 2 is 2.14 bits per heavy atom. The predicted octanol–water partition coefficient (Wildman–Crippen LogP) is 2.55. The van der Waals surface area contributed by atoms with Gasteiger partial charge in [-0.1, -0.05) is 36.5 Å². The van der Waals surface area contributed by atoms with Crippen molar-refractivity contribution in [2.45, 2.75) is 0 Å². The number of hydrogen-bond donors (Lipinski definition) is 1. The Labute approximate surface area is 85.0 Å². The number of fused-ring (bicyclic) bond motifs is 3. The van der Waals surface area contributed by atoms with Gasteiger partial charge in [0.05, 0.1) is 0 Å². The zero-order chi connectivity index (χ0) is 9.54. The van der Waals surface area contributed by atoms with Gasteiger partial charge in [0.2, 0.25) is 0 Å². The number of aromatic amines is 1. The predicted molar refractivity (Wildman–Crippen MR) is 57.9 cm³/mol. The summed E-state index contributed by atoms with van der Waals surface area (Å²) < 4.78 is 2.64. The number of rotatable bonds is 0. The zero-order valence-electron chi connectivity index (χ0n) is 7.27. The Kier molecular flexibility index (Phi) is 1.46. The van der Waals surface area contributed by atoms with E-state index in [4.69, 9.17) is 12.2 Å². The van der Waals surface area contributed by atoms with Gasteiger partial charge >= 0.3 is 0 Å². The molecule has 0 aliphatic carbocycles. The van der Waals surface area contributed by atoms with Gasteiger partial charge in [-0.3, -0.25) is 9.50 Å². The molecule has 1 N–H and O–H groups in total. The van der Waals surface area contributed by atoms with Gasteiger partial charge in [-0.2, -0.15) is 5.10 Å². The summed E-state index contributed by atoms with van der Waals surface area (Å²) in [6.45, 7) is 0. The Morgan fingerprint density at radius 3 is 3.07 bits per heavy atom. The second kappa shape index (κ2) is 2.65. The lowest BCUT2D eigenvalue weighted by Gasteiger charge is -1.99. The van der Waals surface area contributed by atoms with Crippen molar-refractivity contribution in [3.05, 3.63) is 41.3 Å². The number of benzene rings is 1. The lowest BCUT2D eigenvalue weighted by Crippen LogP contribution is -1.86. The van der Waals surface area contributed by atoms with Crippen molar-refractivity contribution in [3.63, 3.8) is 0 Å². The highest BCUT2D eigenvalue weighted by molar-refractivity contribution is 7.71. The third-order valence-electron chi connectivity index (χ3n) is 2.32. The molecule has 68 valence electrons. The van der Waals surface area contributed by atoms with Crippen LogP contribution >= 0.6 is 12.2 Å². The van der Waals surface area contributed by atoms with Gasteiger partial charge in [0.1, 0.15) is 16.6 Å². The van der Waals surface area contributed by atoms with Crippen molar-refractivity contribution in [2.24, 2.45) is 0 Å². The molecular formula is C10H7N3S. The minimum absolute atomic E-state index is 0.771. The van der Waals surface area contributed by atoms with E-state index in [-0.39, 0.29) is 0 Å². The molecule has 2 aromatic heterocycles. The van der Waals surface area contributed by atoms with Crippen molar-refractivity contribution >= 4 is 28.6 Å². The normalized spacial score (nSPS) is 11.1. The molecular weight excluding hydrogens is 194 g/mol. The third kappa shape index (κ3) is 0.914. The van der Waals surface area contributed by atoms with Crippen molar-refractivity contribution < 1.29 is 0 Å². The number of nitrogens with one attached hydrogen (secondary N) is 1. The van der Waals surface area contributed by atoms with Crippen molar-refractivity contribution in [1.29, 1.82) is 0 Å². The molecule has 0 saturated carbocycles. The fourth-order valence-electron chi connectivity index (χ4n) is 1.66. The molecule has 0 bridgehead atoms. The largest absolute Gasteiger partial charge is 0.274 e. The van der Waals surface area contributed by atoms with Gasteiger partial charge in [0.25, 0.3) is 0 Å². The first-order chi connectivity index (χ1) is 6.86. The van der Waals surface area contributed by atoms with Crippen LogP contribution in [0.5, 0.6) is 0 Å². The summed E-state index contributed by atoms with van der Waals surface area (Å²) in [6, 6.07) is 10.1. The highest BCUT2D eigenvalue weighted by Gasteiger charge is 2.01. The summed E-state index contributed by atoms with van der Waals surface area (Å²) in [5, 5.41) is 9.21. The molecule has 0 atom stereocenters. The smallest absolute Gasteiger partial charge is 0.141 e. The molecule has 0 aliphatic heterocycles. The summed E-state index contributed by atoms with van der Waals surface area (Å²) >= 11 is 5.24. The highest BCUT2D eigenvalue weighted by atomic mass is 32.1. The van der Waals surface area contributed by atoms with Gasteiger partial charge in [0.15, 0.2) is 0 Å². The zero-order valence-corrected chi connectivity index (χ0v) is 8.08. The van der Waals surface area contributed by atoms with Gasteiger partial charge in [0, 0.05) is 5.39 Å². The quantitative estimate of drug-likeness (QED) is 0.567. The SMILES string of the molecule is S=c1cc2ccccc2c2[nH]ncn12. The van der Waals surface area contributed by atoms with Crippen molar-refractivity contribution in [1.82, 2.24) is 14.6 Å². The summed E-state index contributed by atoms with van der Waals surface area (Å²) in [6.07, 6.45) is 1.70. The average molecular weight is 201 g/mol. The monoisotopic (exact) mass is 201 g/mol. The number of H-pyrrole nitrogens is 1. The molecule has 2 heterocycles. The minimum atomic E-state index is 0.771. The summed E-state index contributed by atoms with van der Waals surface area (Å²) in [4.78, 5) is 0. The number of pyridine rings is 1. The maximum Gasteiger partial charge on any atom is 0.141 e. The van der Waals surface area contributed by atoms with Crippen LogP contribution in [0.3, 0.4) is 0 Å². The fraction of sp³-hybridized carbons (Fsp3) is 0. The van der Waals surface area contributed by atoms with Crippen molar-refractivity contribution in [3.8, 4) is 0 Å². The second-order valence-corrected chi connectivity index (χ2v) is 3.56. The first-order valence-electron chi connectivity index (χ1n) is 4.30. The van der Waals surface area contributed by atoms with E-state index in [1.165, 1.54) is 0 Å². The standard InChI is InChI=1S/C10H7N3S/c14-9-5-7-3-1-2-4-8(7)10-12-11-6-13(9)10/h1-6,12H. The first-order valence-corrected chi connectivity index (χ1v) is 4.70. The maximum absolute atomic E-state index is 5.24. The molecule has 3 aromatic rings. The Hall–Kier alpha value is -1.68. The van der Waals surface area contributed by atoms with Crippen LogP contribution in [-0.4, -0.2) is 14.6 Å². The molecule has 3 rings (SSSR count). The molecule has 0 amide bonds. The second-order valence-electron chi connectivity index (χ2n) is 3.14. The van der Waals surface area contributed by atoms with Gasteiger partial charge < -0.3 is 0 Å². The summed E-state index contributed by atoms with van der Waals surface area (Å²) in [7, 11) is 0. The topological polar surface area (TPSA) is 33.1 Å². The van der Waals surface area contributed by atoms with E-state index in [1.54, 1.807) is 6.33 Å². The Bertz CT molecular complexity index is 665. The van der Waals surface area contributed by atoms with Crippen LogP contribution < -0.4 is 0 Å². The molecule has 0 saturated heterocycles. The molecule has 0 fully saturated rings. The van der Waals surface area contributed by atoms with E-state index >= 15 is 0 Å². The van der Waals surface area contributed by atoms with Crippen LogP contribution in [-0.2, 0) is 0 Å². The van der Waals surface area contributed by atoms with Crippen LogP contribution in [0.4, 0.5) is 0 Å². The van der Waals surface area contributed by atoms with Gasteiger partial charge in [-0.05, 0) is 11.5 Å². The van der Waals surface area contributed by atoms with Gasteiger partial charge in [-0.25, -0.2) is 0 Å². The van der Waals surface area contributed by atoms with Crippen LogP contribution in [0.1, 0.15) is 0 Å². The molecule has 0 unspecified atom stereocenters. The van der Waals surface area contributed by atoms with Crippen LogP contribution in [0.2, 0.25) is 0 Å². The third-order valence-corrected chi connectivity index (χ3v) is 2.63. The summed E-state index contributed by atoms with van der Waals surface area (Å²) in [5.74, 6) is 0. The van der Waals surface area contributed by atoms with E-state index in [0.717, 1.165) is 21.1 Å². The minimum Gasteiger partial charge on any atom is -0.274 e. The number of aromatic nitrogens is 3. The lowest BCUT2D eigenvalue weighted by molar-refractivity contribution is 1.10. The van der Waals surface area contributed by atoms with Crippen molar-refractivity contribution in [2.75, 3.05) is 0 Å². The van der Waals surface area contributed by atoms with E-state index in [9.17, 15) is 0 Å². The molecule has 4 heteroatoms. The molecule has 1 aromatic carbocycles. The molecule has 0 spiro atoms. The number of nitrogens with zero attached hydrogens (tertiary/aromatic N) is 2. The molecule has 0 radical (unpaired) electrons. The Balaban J connectivity index is 2.73. The van der Waals surface area contributed by atoms with Crippen LogP contribution in [0.15, 0.2) is 36.7 Å². The maximum atomic E-state index is 5.24. The summed E-state index contributed by atoms with van der Waals surface area (Å²) in [5.41, 5.74) is 0.952. The molecule has 3 nitrogen and oxygen atoms in total. The van der Waals surface area contributed by atoms with E-state index < -0.39 is 0 Å². The van der Waals surface area contributed by atoms with E-state index in [1.807, 2.05) is 28.7 Å². The first kappa shape index (κ1) is 7.70. The molecule has 0 aliphatic rings. The van der Waals surface area contributed by atoms with Crippen LogP contribution in [0, 0.1) is 4.64 Å². The van der Waals surface area contributed by atoms with E-state index in [2.05, 4.69) is 16.3 Å². The Morgan fingerprint density at radius 1 is 1.29 bits per heavy atom. The average Bonchev–Trinajstić information content (AvgIpc) is 2.67. The van der Waals surface area contributed by atoms with Gasteiger partial charge in [-0.15, -0.1) is 0 Å². The lowest BCUT2D eigenvalue weighted by atomic mass is 10.2. The van der Waals surface area contributed by atoms with Crippen LogP contribution in [0.25, 0.3) is 16.4 Å². The molecule has 14 heavy (non-hydrogen) atoms. The number of hydrogen-bond acceptors (Lipinski definition) is 2.